The molecular formula is C9H8O3. The average Bonchev–Trinajstić information content (AvgIpc) is 1.99. The maximum Gasteiger partial charge on any atom is 0.142 e. The molecule has 0 radical (unpaired) electrons. The van der Waals surface area contributed by atoms with E-state index in [2.05, 4.69) is 0 Å². The Morgan fingerprint density at radius 2 is 1.67 bits per heavy atom. The molecule has 1 aromatic carbocycles. The summed E-state index contributed by atoms with van der Waals surface area (Å²) in [5.41, 5.74) is 0.583. The number of carbonyl (C=O) groups is 1. The second kappa shape index (κ2) is 3.57. The third kappa shape index (κ3) is 2.12. The lowest BCUT2D eigenvalue weighted by molar-refractivity contribution is -0.104. The molecule has 12 heavy (non-hydrogen) atoms. The summed E-state index contributed by atoms with van der Waals surface area (Å²) in [6, 6.07) is 4.11. The van der Waals surface area contributed by atoms with E-state index >= 15 is 0 Å². The molecule has 0 unspecified atom stereocenters. The highest BCUT2D eigenvalue weighted by Crippen LogP contribution is 2.20. The molecule has 0 saturated carbocycles. The first-order valence-corrected chi connectivity index (χ1v) is 3.37. The van der Waals surface area contributed by atoms with Gasteiger partial charge in [-0.2, -0.15) is 0 Å². The van der Waals surface area contributed by atoms with Crippen molar-refractivity contribution in [1.29, 1.82) is 0 Å². The van der Waals surface area contributed by atoms with Crippen LogP contribution in [0.3, 0.4) is 0 Å². The van der Waals surface area contributed by atoms with Crippen LogP contribution in [0.2, 0.25) is 0 Å². The van der Waals surface area contributed by atoms with Crippen molar-refractivity contribution in [2.75, 3.05) is 0 Å². The molecule has 0 aliphatic heterocycles. The zero-order chi connectivity index (χ0) is 8.97. The summed E-state index contributed by atoms with van der Waals surface area (Å²) in [6.07, 6.45) is 3.40. The van der Waals surface area contributed by atoms with Crippen molar-refractivity contribution in [3.05, 3.63) is 29.8 Å². The minimum atomic E-state index is -0.0273. The summed E-state index contributed by atoms with van der Waals surface area (Å²) >= 11 is 0. The topological polar surface area (TPSA) is 57.5 Å². The van der Waals surface area contributed by atoms with Crippen LogP contribution in [0, 0.1) is 0 Å². The van der Waals surface area contributed by atoms with Gasteiger partial charge in [0.05, 0.1) is 0 Å². The van der Waals surface area contributed by atoms with Crippen LogP contribution in [0.1, 0.15) is 5.56 Å². The Balaban J connectivity index is 3.00. The highest BCUT2D eigenvalue weighted by molar-refractivity contribution is 5.74. The fourth-order valence-corrected chi connectivity index (χ4v) is 0.865. The van der Waals surface area contributed by atoms with E-state index in [9.17, 15) is 4.79 Å². The van der Waals surface area contributed by atoms with Gasteiger partial charge in [-0.3, -0.25) is 4.79 Å². The summed E-state index contributed by atoms with van der Waals surface area (Å²) in [7, 11) is 0. The fraction of sp³-hybridized carbons (Fsp3) is 0. The van der Waals surface area contributed by atoms with E-state index in [0.717, 1.165) is 0 Å². The first-order valence-electron chi connectivity index (χ1n) is 3.37. The molecule has 0 amide bonds. The molecule has 0 atom stereocenters. The van der Waals surface area contributed by atoms with Crippen molar-refractivity contribution in [3.8, 4) is 11.5 Å². The van der Waals surface area contributed by atoms with E-state index in [-0.39, 0.29) is 11.5 Å². The predicted octanol–water partition coefficient (Wildman–Crippen LogP) is 1.31. The molecule has 0 heterocycles. The molecule has 62 valence electrons. The molecule has 0 saturated heterocycles. The molecular weight excluding hydrogens is 156 g/mol. The van der Waals surface area contributed by atoms with Crippen molar-refractivity contribution in [3.63, 3.8) is 0 Å². The number of hydrogen-bond acceptors (Lipinski definition) is 3. The van der Waals surface area contributed by atoms with Crippen molar-refractivity contribution < 1.29 is 15.0 Å². The minimum Gasteiger partial charge on any atom is -0.508 e. The Morgan fingerprint density at radius 1 is 1.08 bits per heavy atom. The van der Waals surface area contributed by atoms with Crippen molar-refractivity contribution >= 4 is 12.4 Å². The summed E-state index contributed by atoms with van der Waals surface area (Å²) in [5, 5.41) is 18.0. The second-order valence-electron chi connectivity index (χ2n) is 2.28. The first kappa shape index (κ1) is 8.33. The Kier molecular flexibility index (Phi) is 2.48. The SMILES string of the molecule is O=CC=Cc1cc(O)cc(O)c1. The maximum atomic E-state index is 9.94. The minimum absolute atomic E-state index is 0.0273. The van der Waals surface area contributed by atoms with Gasteiger partial charge in [0.25, 0.3) is 0 Å². The number of aromatic hydroxyl groups is 2. The number of phenols is 2. The van der Waals surface area contributed by atoms with Crippen LogP contribution in [-0.4, -0.2) is 16.5 Å². The molecule has 2 N–H and O–H groups in total. The fourth-order valence-electron chi connectivity index (χ4n) is 0.865. The van der Waals surface area contributed by atoms with Crippen molar-refractivity contribution in [2.24, 2.45) is 0 Å². The van der Waals surface area contributed by atoms with Crippen molar-refractivity contribution in [1.82, 2.24) is 0 Å². The van der Waals surface area contributed by atoms with Crippen LogP contribution in [0.5, 0.6) is 11.5 Å². The van der Waals surface area contributed by atoms with Gasteiger partial charge < -0.3 is 10.2 Å². The van der Waals surface area contributed by atoms with Gasteiger partial charge in [0.1, 0.15) is 17.8 Å². The molecule has 3 nitrogen and oxygen atoms in total. The number of carbonyl (C=O) groups excluding carboxylic acids is 1. The number of aldehydes is 1. The van der Waals surface area contributed by atoms with E-state index in [1.165, 1.54) is 30.4 Å². The highest BCUT2D eigenvalue weighted by atomic mass is 16.3. The van der Waals surface area contributed by atoms with Crippen LogP contribution >= 0.6 is 0 Å². The Morgan fingerprint density at radius 3 is 2.17 bits per heavy atom. The van der Waals surface area contributed by atoms with Gasteiger partial charge in [-0.1, -0.05) is 6.08 Å². The van der Waals surface area contributed by atoms with Crippen LogP contribution in [0.25, 0.3) is 6.08 Å². The molecule has 0 fully saturated rings. The number of allylic oxidation sites excluding steroid dienone is 1. The predicted molar refractivity (Wildman–Crippen MR) is 44.9 cm³/mol. The molecule has 1 aromatic rings. The monoisotopic (exact) mass is 164 g/mol. The van der Waals surface area contributed by atoms with E-state index in [1.54, 1.807) is 0 Å². The van der Waals surface area contributed by atoms with Gasteiger partial charge in [0.2, 0.25) is 0 Å². The highest BCUT2D eigenvalue weighted by Gasteiger charge is 1.94. The molecule has 0 aliphatic rings. The second-order valence-corrected chi connectivity index (χ2v) is 2.28. The summed E-state index contributed by atoms with van der Waals surface area (Å²) < 4.78 is 0. The van der Waals surface area contributed by atoms with Crippen molar-refractivity contribution in [2.45, 2.75) is 0 Å². The van der Waals surface area contributed by atoms with E-state index < -0.39 is 0 Å². The van der Waals surface area contributed by atoms with Crippen LogP contribution < -0.4 is 0 Å². The van der Waals surface area contributed by atoms with Gasteiger partial charge in [-0.15, -0.1) is 0 Å². The van der Waals surface area contributed by atoms with Crippen LogP contribution in [0.4, 0.5) is 0 Å². The molecule has 0 aromatic heterocycles. The third-order valence-electron chi connectivity index (χ3n) is 1.29. The number of rotatable bonds is 2. The normalized spacial score (nSPS) is 10.3. The number of phenolic OH excluding ortho intramolecular Hbond substituents is 2. The largest absolute Gasteiger partial charge is 0.508 e. The van der Waals surface area contributed by atoms with E-state index in [1.807, 2.05) is 0 Å². The van der Waals surface area contributed by atoms with Gasteiger partial charge in [-0.25, -0.2) is 0 Å². The number of benzene rings is 1. The summed E-state index contributed by atoms with van der Waals surface area (Å²) in [4.78, 5) is 9.94. The van der Waals surface area contributed by atoms with Crippen LogP contribution in [0.15, 0.2) is 24.3 Å². The standard InChI is InChI=1S/C9H8O3/c10-3-1-2-7-4-8(11)6-9(12)5-7/h1-6,11-12H. The smallest absolute Gasteiger partial charge is 0.142 e. The Labute approximate surface area is 69.6 Å². The van der Waals surface area contributed by atoms with Gasteiger partial charge in [0, 0.05) is 6.07 Å². The summed E-state index contributed by atoms with van der Waals surface area (Å²) in [5.74, 6) is -0.0545. The average molecular weight is 164 g/mol. The lowest BCUT2D eigenvalue weighted by Crippen LogP contribution is -1.73. The van der Waals surface area contributed by atoms with E-state index in [4.69, 9.17) is 10.2 Å². The Bertz CT molecular complexity index is 295. The Hall–Kier alpha value is -1.77. The quantitative estimate of drug-likeness (QED) is 0.511. The summed E-state index contributed by atoms with van der Waals surface area (Å²) in [6.45, 7) is 0. The van der Waals surface area contributed by atoms with Gasteiger partial charge in [-0.05, 0) is 23.8 Å². The molecule has 0 bridgehead atoms. The van der Waals surface area contributed by atoms with E-state index in [0.29, 0.717) is 11.8 Å². The molecule has 3 heteroatoms. The van der Waals surface area contributed by atoms with Gasteiger partial charge >= 0.3 is 0 Å². The molecule has 0 aliphatic carbocycles. The lowest BCUT2D eigenvalue weighted by atomic mass is 10.2. The lowest BCUT2D eigenvalue weighted by Gasteiger charge is -1.96. The van der Waals surface area contributed by atoms with Crippen LogP contribution in [-0.2, 0) is 4.79 Å². The molecule has 1 rings (SSSR count). The third-order valence-corrected chi connectivity index (χ3v) is 1.29. The van der Waals surface area contributed by atoms with Gasteiger partial charge in [0.15, 0.2) is 0 Å². The zero-order valence-electron chi connectivity index (χ0n) is 6.27. The maximum absolute atomic E-state index is 9.94. The first-order chi connectivity index (χ1) is 5.72. The number of hydrogen-bond donors (Lipinski definition) is 2. The molecule has 0 spiro atoms. The zero-order valence-corrected chi connectivity index (χ0v) is 6.27.